The van der Waals surface area contributed by atoms with Crippen LogP contribution in [0.4, 0.5) is 0 Å². The highest BCUT2D eigenvalue weighted by Gasteiger charge is 2.13. The van der Waals surface area contributed by atoms with Gasteiger partial charge in [0.15, 0.2) is 17.9 Å². The number of aromatic nitrogens is 2. The summed E-state index contributed by atoms with van der Waals surface area (Å²) in [6.07, 6.45) is 4.15. The number of hydrogen-bond donors (Lipinski definition) is 0. The predicted octanol–water partition coefficient (Wildman–Crippen LogP) is 8.13. The van der Waals surface area contributed by atoms with Gasteiger partial charge in [0, 0.05) is 23.5 Å². The van der Waals surface area contributed by atoms with Gasteiger partial charge >= 0.3 is 0 Å². The molecule has 0 fully saturated rings. The third-order valence-corrected chi connectivity index (χ3v) is 7.57. The molecule has 0 spiro atoms. The van der Waals surface area contributed by atoms with E-state index in [1.54, 1.807) is 0 Å². The minimum atomic E-state index is 0.143. The van der Waals surface area contributed by atoms with Gasteiger partial charge in [-0.25, -0.2) is 0 Å². The van der Waals surface area contributed by atoms with E-state index in [-0.39, 0.29) is 17.9 Å². The van der Waals surface area contributed by atoms with Gasteiger partial charge in [0.1, 0.15) is 11.5 Å². The standard InChI is InChI=1S/C28H22N2O2P2/c1-5-13-25-21(9-1)17-19-29(25)33-31-27-15-7-3-11-23(27)24-12-4-8-16-28(24)32-34-30-20-18-22-10-2-6-14-26(22)30/h1-20,33-34H. The number of hydrogen-bond acceptors (Lipinski definition) is 2. The number of para-hydroxylation sites is 4. The molecule has 6 heteroatoms. The van der Waals surface area contributed by atoms with E-state index in [2.05, 4.69) is 93.9 Å². The van der Waals surface area contributed by atoms with Crippen molar-refractivity contribution in [3.05, 3.63) is 122 Å². The highest BCUT2D eigenvalue weighted by Crippen LogP contribution is 2.41. The predicted molar refractivity (Wildman–Crippen MR) is 144 cm³/mol. The smallest absolute Gasteiger partial charge is 0.181 e. The number of nitrogens with zero attached hydrogens (tertiary/aromatic N) is 2. The molecule has 2 atom stereocenters. The van der Waals surface area contributed by atoms with Crippen molar-refractivity contribution in [2.45, 2.75) is 0 Å². The van der Waals surface area contributed by atoms with E-state index in [4.69, 9.17) is 9.05 Å². The van der Waals surface area contributed by atoms with Crippen LogP contribution in [0.1, 0.15) is 0 Å². The molecule has 34 heavy (non-hydrogen) atoms. The Labute approximate surface area is 201 Å². The van der Waals surface area contributed by atoms with Gasteiger partial charge in [0.2, 0.25) is 0 Å². The molecule has 166 valence electrons. The van der Waals surface area contributed by atoms with Crippen LogP contribution in [-0.4, -0.2) is 8.68 Å². The largest absolute Gasteiger partial charge is 0.455 e. The minimum absolute atomic E-state index is 0.143. The molecular formula is C28H22N2O2P2. The number of rotatable bonds is 7. The fraction of sp³-hybridized carbons (Fsp3) is 0. The van der Waals surface area contributed by atoms with Crippen LogP contribution in [0.25, 0.3) is 32.9 Å². The fourth-order valence-corrected chi connectivity index (χ4v) is 5.70. The van der Waals surface area contributed by atoms with Crippen molar-refractivity contribution in [3.63, 3.8) is 0 Å². The molecule has 0 aliphatic carbocycles. The summed E-state index contributed by atoms with van der Waals surface area (Å²) in [5, 5.41) is 2.42. The van der Waals surface area contributed by atoms with E-state index in [1.807, 2.05) is 36.4 Å². The Morgan fingerprint density at radius 1 is 0.441 bits per heavy atom. The van der Waals surface area contributed by atoms with E-state index in [9.17, 15) is 0 Å². The lowest BCUT2D eigenvalue weighted by atomic mass is 10.0. The highest BCUT2D eigenvalue weighted by atomic mass is 31.1. The lowest BCUT2D eigenvalue weighted by Crippen LogP contribution is -1.92. The Morgan fingerprint density at radius 3 is 1.35 bits per heavy atom. The second-order valence-electron chi connectivity index (χ2n) is 7.87. The molecule has 0 bridgehead atoms. The Kier molecular flexibility index (Phi) is 5.77. The quantitative estimate of drug-likeness (QED) is 0.216. The Morgan fingerprint density at radius 2 is 0.853 bits per heavy atom. The van der Waals surface area contributed by atoms with Gasteiger partial charge in [-0.1, -0.05) is 72.8 Å². The summed E-state index contributed by atoms with van der Waals surface area (Å²) in [5.74, 6) is 1.67. The zero-order valence-electron chi connectivity index (χ0n) is 18.3. The number of fused-ring (bicyclic) bond motifs is 2. The minimum Gasteiger partial charge on any atom is -0.455 e. The molecule has 4 aromatic carbocycles. The van der Waals surface area contributed by atoms with Gasteiger partial charge in [-0.15, -0.1) is 0 Å². The molecule has 0 saturated carbocycles. The molecule has 2 aromatic heterocycles. The SMILES string of the molecule is c1ccc(-c2ccccc2OPn2ccc3ccccc32)c(OPn2ccc3ccccc32)c1. The molecule has 4 nitrogen and oxygen atoms in total. The summed E-state index contributed by atoms with van der Waals surface area (Å²) in [6, 6.07) is 37.2. The molecule has 0 saturated heterocycles. The van der Waals surface area contributed by atoms with Crippen molar-refractivity contribution >= 4 is 39.7 Å². The molecule has 0 aliphatic heterocycles. The van der Waals surface area contributed by atoms with Crippen molar-refractivity contribution in [1.29, 1.82) is 0 Å². The maximum absolute atomic E-state index is 6.34. The second kappa shape index (κ2) is 9.35. The summed E-state index contributed by atoms with van der Waals surface area (Å²) in [4.78, 5) is 0. The average Bonchev–Trinajstić information content (AvgIpc) is 3.51. The highest BCUT2D eigenvalue weighted by molar-refractivity contribution is 7.31. The first-order valence-corrected chi connectivity index (χ1v) is 12.7. The molecule has 0 aliphatic rings. The average molecular weight is 480 g/mol. The molecule has 6 aromatic rings. The third kappa shape index (κ3) is 4.07. The third-order valence-electron chi connectivity index (χ3n) is 5.77. The molecule has 0 radical (unpaired) electrons. The van der Waals surface area contributed by atoms with Crippen molar-refractivity contribution in [1.82, 2.24) is 8.68 Å². The summed E-state index contributed by atoms with van der Waals surface area (Å²) >= 11 is 0. The molecule has 0 amide bonds. The maximum atomic E-state index is 6.34. The summed E-state index contributed by atoms with van der Waals surface area (Å²) in [5.41, 5.74) is 4.37. The van der Waals surface area contributed by atoms with Gasteiger partial charge < -0.3 is 9.05 Å². The fourth-order valence-electron chi connectivity index (χ4n) is 4.08. The van der Waals surface area contributed by atoms with Crippen LogP contribution in [0.2, 0.25) is 0 Å². The van der Waals surface area contributed by atoms with Crippen molar-refractivity contribution in [2.75, 3.05) is 0 Å². The molecule has 2 heterocycles. The maximum Gasteiger partial charge on any atom is 0.181 e. The zero-order valence-corrected chi connectivity index (χ0v) is 20.3. The van der Waals surface area contributed by atoms with Crippen molar-refractivity contribution in [2.24, 2.45) is 0 Å². The van der Waals surface area contributed by atoms with Gasteiger partial charge in [0.05, 0.1) is 11.0 Å². The van der Waals surface area contributed by atoms with Crippen LogP contribution >= 0.6 is 17.9 Å². The molecule has 0 N–H and O–H groups in total. The first kappa shape index (κ1) is 21.0. The lowest BCUT2D eigenvalue weighted by molar-refractivity contribution is 0.617. The van der Waals surface area contributed by atoms with Crippen LogP contribution < -0.4 is 9.05 Å². The van der Waals surface area contributed by atoms with Gasteiger partial charge in [0.25, 0.3) is 0 Å². The zero-order chi connectivity index (χ0) is 22.7. The van der Waals surface area contributed by atoms with Crippen LogP contribution in [0.15, 0.2) is 122 Å². The van der Waals surface area contributed by atoms with E-state index in [0.29, 0.717) is 0 Å². The van der Waals surface area contributed by atoms with Crippen LogP contribution in [0, 0.1) is 0 Å². The van der Waals surface area contributed by atoms with E-state index < -0.39 is 0 Å². The van der Waals surface area contributed by atoms with E-state index in [0.717, 1.165) is 22.6 Å². The Balaban J connectivity index is 1.27. The summed E-state index contributed by atoms with van der Waals surface area (Å²) in [6.45, 7) is 0. The van der Waals surface area contributed by atoms with Crippen molar-refractivity contribution < 1.29 is 9.05 Å². The second-order valence-corrected chi connectivity index (χ2v) is 9.61. The molecular weight excluding hydrogens is 458 g/mol. The van der Waals surface area contributed by atoms with Crippen LogP contribution in [0.5, 0.6) is 11.5 Å². The first-order valence-electron chi connectivity index (χ1n) is 11.0. The molecule has 2 unspecified atom stereocenters. The topological polar surface area (TPSA) is 28.3 Å². The van der Waals surface area contributed by atoms with E-state index >= 15 is 0 Å². The monoisotopic (exact) mass is 480 g/mol. The van der Waals surface area contributed by atoms with Gasteiger partial charge in [-0.3, -0.25) is 8.68 Å². The Hall–Kier alpha value is -3.58. The summed E-state index contributed by atoms with van der Waals surface area (Å²) < 4.78 is 17.0. The number of benzene rings is 4. The normalized spacial score (nSPS) is 11.9. The Bertz CT molecular complexity index is 1470. The summed E-state index contributed by atoms with van der Waals surface area (Å²) in [7, 11) is 0.287. The lowest BCUT2D eigenvalue weighted by Gasteiger charge is -2.16. The van der Waals surface area contributed by atoms with Crippen molar-refractivity contribution in [3.8, 4) is 22.6 Å². The van der Waals surface area contributed by atoms with Crippen LogP contribution in [-0.2, 0) is 0 Å². The van der Waals surface area contributed by atoms with Gasteiger partial charge in [-0.05, 0) is 47.2 Å². The van der Waals surface area contributed by atoms with Crippen LogP contribution in [0.3, 0.4) is 0 Å². The van der Waals surface area contributed by atoms with Gasteiger partial charge in [-0.2, -0.15) is 0 Å². The molecule has 6 rings (SSSR count). The van der Waals surface area contributed by atoms with E-state index in [1.165, 1.54) is 21.8 Å². The first-order chi connectivity index (χ1) is 16.9.